The predicted molar refractivity (Wildman–Crippen MR) is 247 cm³/mol. The molecule has 358 valence electrons. The van der Waals surface area contributed by atoms with Crippen molar-refractivity contribution in [2.24, 2.45) is 17.4 Å². The number of unbranched alkanes of at least 4 members (excludes halogenated alkanes) is 2. The van der Waals surface area contributed by atoms with Crippen LogP contribution in [0.1, 0.15) is 71.6 Å². The third-order valence-corrected chi connectivity index (χ3v) is 12.1. The molecular formula is C44H60N10O11S. The maximum atomic E-state index is 14.0. The zero-order valence-electron chi connectivity index (χ0n) is 36.9. The van der Waals surface area contributed by atoms with Gasteiger partial charge in [0.15, 0.2) is 0 Å². The van der Waals surface area contributed by atoms with E-state index in [1.807, 2.05) is 48.5 Å². The summed E-state index contributed by atoms with van der Waals surface area (Å²) in [5.74, 6) is -10.6. The van der Waals surface area contributed by atoms with Gasteiger partial charge in [-0.3, -0.25) is 43.2 Å². The van der Waals surface area contributed by atoms with Gasteiger partial charge in [0.2, 0.25) is 41.4 Å². The van der Waals surface area contributed by atoms with E-state index >= 15 is 0 Å². The minimum absolute atomic E-state index is 0.0515. The Labute approximate surface area is 385 Å². The van der Waals surface area contributed by atoms with Crippen molar-refractivity contribution >= 4 is 92.5 Å². The number of nitrogens with zero attached hydrogens (tertiary/aromatic N) is 1. The quantitative estimate of drug-likeness (QED) is 0.0567. The molecule has 1 saturated heterocycles. The fraction of sp³-hybridized carbons (Fsp3) is 0.500. The van der Waals surface area contributed by atoms with E-state index in [-0.39, 0.29) is 37.3 Å². The Morgan fingerprint density at radius 2 is 1.33 bits per heavy atom. The molecule has 0 aliphatic carbocycles. The molecule has 1 aliphatic rings. The van der Waals surface area contributed by atoms with E-state index in [0.717, 1.165) is 39.3 Å². The molecule has 66 heavy (non-hydrogen) atoms. The summed E-state index contributed by atoms with van der Waals surface area (Å²) >= 11 is 0.906. The van der Waals surface area contributed by atoms with Crippen LogP contribution < -0.4 is 48.7 Å². The monoisotopic (exact) mass is 936 g/mol. The summed E-state index contributed by atoms with van der Waals surface area (Å²) in [6, 6.07) is 6.56. The number of aromatic nitrogens is 1. The average Bonchev–Trinajstić information content (AvgIpc) is 3.27. The third kappa shape index (κ3) is 15.6. The molecule has 7 atom stereocenters. The largest absolute Gasteiger partial charge is 0.481 e. The van der Waals surface area contributed by atoms with E-state index in [0.29, 0.717) is 32.2 Å². The number of fused-ring (bicyclic) bond motifs is 2. The van der Waals surface area contributed by atoms with Gasteiger partial charge in [-0.1, -0.05) is 56.7 Å². The smallest absolute Gasteiger partial charge is 0.305 e. The maximum Gasteiger partial charge on any atom is 0.305 e. The summed E-state index contributed by atoms with van der Waals surface area (Å²) < 4.78 is 0. The number of nitrogens with one attached hydrogen (secondary N) is 7. The normalized spacial score (nSPS) is 21.1. The molecule has 0 radical (unpaired) electrons. The molecule has 2 aromatic carbocycles. The molecule has 7 amide bonds. The fourth-order valence-corrected chi connectivity index (χ4v) is 8.11. The number of primary amides is 1. The highest BCUT2D eigenvalue weighted by Gasteiger charge is 2.36. The maximum absolute atomic E-state index is 14.0. The van der Waals surface area contributed by atoms with Gasteiger partial charge in [-0.15, -0.1) is 11.8 Å². The molecule has 0 unspecified atom stereocenters. The van der Waals surface area contributed by atoms with Crippen molar-refractivity contribution in [3.63, 3.8) is 0 Å². The van der Waals surface area contributed by atoms with Crippen LogP contribution in [0.25, 0.3) is 21.8 Å². The Morgan fingerprint density at radius 1 is 0.773 bits per heavy atom. The highest BCUT2D eigenvalue weighted by atomic mass is 32.2. The van der Waals surface area contributed by atoms with Crippen molar-refractivity contribution in [1.29, 1.82) is 0 Å². The van der Waals surface area contributed by atoms with Gasteiger partial charge in [0.25, 0.3) is 0 Å². The molecule has 0 bridgehead atoms. The lowest BCUT2D eigenvalue weighted by Gasteiger charge is -2.28. The Hall–Kier alpha value is -6.55. The number of amides is 7. The van der Waals surface area contributed by atoms with Crippen molar-refractivity contribution in [1.82, 2.24) is 36.9 Å². The van der Waals surface area contributed by atoms with Crippen LogP contribution in [0.4, 0.5) is 5.69 Å². The lowest BCUT2D eigenvalue weighted by molar-refractivity contribution is -0.143. The summed E-state index contributed by atoms with van der Waals surface area (Å²) in [6.07, 6.45) is 0.187. The predicted octanol–water partition coefficient (Wildman–Crippen LogP) is 0.236. The number of aliphatic carboxylic acids is 2. The van der Waals surface area contributed by atoms with E-state index in [2.05, 4.69) is 37.2 Å². The van der Waals surface area contributed by atoms with E-state index in [1.54, 1.807) is 13.8 Å². The van der Waals surface area contributed by atoms with Crippen LogP contribution in [0, 0.1) is 5.92 Å². The number of hydrogen-bond donors (Lipinski definition) is 11. The summed E-state index contributed by atoms with van der Waals surface area (Å²) in [7, 11) is 0. The van der Waals surface area contributed by atoms with Crippen molar-refractivity contribution in [2.45, 2.75) is 108 Å². The van der Waals surface area contributed by atoms with Gasteiger partial charge >= 0.3 is 11.9 Å². The first-order valence-electron chi connectivity index (χ1n) is 21.9. The van der Waals surface area contributed by atoms with Crippen molar-refractivity contribution in [3.05, 3.63) is 48.5 Å². The molecule has 1 aromatic heterocycles. The van der Waals surface area contributed by atoms with Crippen molar-refractivity contribution in [3.8, 4) is 0 Å². The van der Waals surface area contributed by atoms with Crippen LogP contribution in [0.2, 0.25) is 0 Å². The minimum Gasteiger partial charge on any atom is -0.481 e. The zero-order valence-corrected chi connectivity index (χ0v) is 37.7. The first kappa shape index (κ1) is 52.1. The number of carbonyl (C=O) groups excluding carboxylic acids is 7. The van der Waals surface area contributed by atoms with Gasteiger partial charge in [-0.2, -0.15) is 0 Å². The lowest BCUT2D eigenvalue weighted by atomic mass is 9.97. The van der Waals surface area contributed by atoms with Crippen LogP contribution in [-0.4, -0.2) is 129 Å². The van der Waals surface area contributed by atoms with E-state index in [1.165, 1.54) is 0 Å². The van der Waals surface area contributed by atoms with Gasteiger partial charge in [-0.25, -0.2) is 4.98 Å². The van der Waals surface area contributed by atoms with Gasteiger partial charge in [-0.05, 0) is 63.1 Å². The van der Waals surface area contributed by atoms with Gasteiger partial charge in [0, 0.05) is 23.1 Å². The number of benzene rings is 2. The Bertz CT molecular complexity index is 2190. The van der Waals surface area contributed by atoms with E-state index < -0.39 is 108 Å². The number of carboxylic acids is 2. The highest BCUT2D eigenvalue weighted by molar-refractivity contribution is 8.00. The van der Waals surface area contributed by atoms with Crippen LogP contribution in [0.15, 0.2) is 48.5 Å². The Balaban J connectivity index is 1.56. The van der Waals surface area contributed by atoms with E-state index in [4.69, 9.17) is 16.5 Å². The molecule has 0 spiro atoms. The molecule has 22 heteroatoms. The summed E-state index contributed by atoms with van der Waals surface area (Å²) in [4.78, 5) is 123. The lowest BCUT2D eigenvalue weighted by Crippen LogP contribution is -2.61. The molecule has 2 heterocycles. The number of thioether (sulfide) groups is 1. The summed E-state index contributed by atoms with van der Waals surface area (Å²) in [5, 5.41) is 39.3. The van der Waals surface area contributed by atoms with Gasteiger partial charge in [0.05, 0.1) is 35.3 Å². The topological polar surface area (TPSA) is 343 Å². The van der Waals surface area contributed by atoms with Crippen LogP contribution in [0.3, 0.4) is 0 Å². The first-order valence-corrected chi connectivity index (χ1v) is 23.0. The molecule has 4 rings (SSSR count). The van der Waals surface area contributed by atoms with Crippen LogP contribution in [-0.2, 0) is 43.2 Å². The molecule has 1 fully saturated rings. The SMILES string of the molecule is CC[C@H](C)[C@@H]1NC(=O)CSC[C@@H](C(=O)N[C@@H](CCCCNc2c3ccccc3nc3ccccc23)C(N)=O)NC(=O)[C@H](CCCCN)NC(=O)[C@H](CC(=O)O)NC(=O)[C@H](CC(=O)O)NC1=O. The van der Waals surface area contributed by atoms with Crippen LogP contribution in [0.5, 0.6) is 0 Å². The molecule has 0 saturated carbocycles. The summed E-state index contributed by atoms with van der Waals surface area (Å²) in [6.45, 7) is 4.10. The third-order valence-electron chi connectivity index (χ3n) is 11.0. The zero-order chi connectivity index (χ0) is 48.3. The highest BCUT2D eigenvalue weighted by Crippen LogP contribution is 2.30. The number of anilines is 1. The average molecular weight is 937 g/mol. The van der Waals surface area contributed by atoms with E-state index in [9.17, 15) is 53.4 Å². The minimum atomic E-state index is -1.86. The Morgan fingerprint density at radius 3 is 1.89 bits per heavy atom. The molecule has 21 nitrogen and oxygen atoms in total. The Kier molecular flexibility index (Phi) is 20.4. The number of nitrogens with two attached hydrogens (primary N) is 2. The molecule has 3 aromatic rings. The first-order chi connectivity index (χ1) is 31.5. The molecular weight excluding hydrogens is 877 g/mol. The number of para-hydroxylation sites is 2. The van der Waals surface area contributed by atoms with Gasteiger partial charge in [0.1, 0.15) is 36.3 Å². The second kappa shape index (κ2) is 25.8. The van der Waals surface area contributed by atoms with Gasteiger partial charge < -0.3 is 58.9 Å². The standard InChI is InChI=1S/C44H60N10O11S/c1-3-24(2)37-44(65)52-32(21-36(58)59)42(63)51-31(20-35(56)57)41(62)50-30(17-8-10-18-45)40(61)53-33(22-66-23-34(55)54-37)43(64)49-29(39(46)60)16-9-11-19-47-38-25-12-4-6-14-27(25)48-28-15-7-5-13-26(28)38/h4-7,12-15,24,29-33,37H,3,8-11,16-23,45H2,1-2H3,(H2,46,60)(H,47,48)(H,49,64)(H,50,62)(H,51,63)(H,52,65)(H,53,61)(H,54,55)(H,56,57)(H,58,59)/t24-,29-,30-,31-,32-,33-,37-/m0/s1. The second-order valence-corrected chi connectivity index (χ2v) is 17.1. The number of carbonyl (C=O) groups is 9. The number of rotatable bonds is 19. The number of carboxylic acid groups (broad SMARTS) is 2. The van der Waals surface area contributed by atoms with Crippen molar-refractivity contribution in [2.75, 3.05) is 29.9 Å². The van der Waals surface area contributed by atoms with Crippen molar-refractivity contribution < 1.29 is 53.4 Å². The number of pyridine rings is 1. The summed E-state index contributed by atoms with van der Waals surface area (Å²) in [5.41, 5.74) is 14.0. The number of hydrogen-bond acceptors (Lipinski definition) is 13. The molecule has 13 N–H and O–H groups in total. The fourth-order valence-electron chi connectivity index (χ4n) is 7.25. The second-order valence-electron chi connectivity index (χ2n) is 16.1. The van der Waals surface area contributed by atoms with Crippen LogP contribution >= 0.6 is 11.8 Å². The molecule has 1 aliphatic heterocycles.